The van der Waals surface area contributed by atoms with Gasteiger partial charge in [-0.1, -0.05) is 6.08 Å². The molecule has 1 N–H and O–H groups in total. The Hall–Kier alpha value is -1.58. The van der Waals surface area contributed by atoms with E-state index in [4.69, 9.17) is 4.74 Å². The van der Waals surface area contributed by atoms with E-state index in [0.29, 0.717) is 5.76 Å². The molecule has 0 saturated heterocycles. The summed E-state index contributed by atoms with van der Waals surface area (Å²) in [5.41, 5.74) is 3.12. The van der Waals surface area contributed by atoms with Crippen molar-refractivity contribution >= 4 is 11.6 Å². The molecule has 12 heavy (non-hydrogen) atoms. The summed E-state index contributed by atoms with van der Waals surface area (Å²) < 4.78 is 5.04. The minimum absolute atomic E-state index is 0.123. The van der Waals surface area contributed by atoms with Crippen molar-refractivity contribution in [1.29, 1.82) is 0 Å². The highest BCUT2D eigenvalue weighted by atomic mass is 16.5. The smallest absolute Gasteiger partial charge is 0.256 e. The van der Waals surface area contributed by atoms with Crippen molar-refractivity contribution in [2.45, 2.75) is 0 Å². The van der Waals surface area contributed by atoms with E-state index < -0.39 is 0 Å². The minimum atomic E-state index is -0.333. The fourth-order valence-electron chi connectivity index (χ4n) is 1.32. The second-order valence-corrected chi connectivity index (χ2v) is 2.58. The van der Waals surface area contributed by atoms with E-state index >= 15 is 0 Å². The molecule has 1 amide bonds. The zero-order chi connectivity index (χ0) is 8.55. The van der Waals surface area contributed by atoms with E-state index in [1.807, 2.05) is 6.08 Å². The molecule has 2 aliphatic rings. The molecule has 1 unspecified atom stereocenters. The molecule has 0 bridgehead atoms. The molecule has 0 radical (unpaired) electrons. The Labute approximate surface area is 69.6 Å². The van der Waals surface area contributed by atoms with Gasteiger partial charge in [0.05, 0.1) is 12.8 Å². The van der Waals surface area contributed by atoms with E-state index in [0.717, 1.165) is 5.71 Å². The highest BCUT2D eigenvalue weighted by molar-refractivity contribution is 6.15. The first kappa shape index (κ1) is 7.09. The van der Waals surface area contributed by atoms with Crippen molar-refractivity contribution in [3.63, 3.8) is 0 Å². The van der Waals surface area contributed by atoms with Gasteiger partial charge >= 0.3 is 0 Å². The zero-order valence-electron chi connectivity index (χ0n) is 6.57. The van der Waals surface area contributed by atoms with Crippen molar-refractivity contribution < 1.29 is 9.53 Å². The lowest BCUT2D eigenvalue weighted by Crippen LogP contribution is -2.26. The molecule has 62 valence electrons. The normalized spacial score (nSPS) is 25.8. The summed E-state index contributed by atoms with van der Waals surface area (Å²) in [6, 6.07) is 0. The molecule has 0 fully saturated rings. The Balaban J connectivity index is 2.38. The summed E-state index contributed by atoms with van der Waals surface area (Å²) in [4.78, 5) is 11.2. The number of hydrazone groups is 1. The number of rotatable bonds is 1. The first-order chi connectivity index (χ1) is 5.83. The number of nitrogens with zero attached hydrogens (tertiary/aromatic N) is 1. The van der Waals surface area contributed by atoms with Crippen LogP contribution in [0.15, 0.2) is 29.1 Å². The van der Waals surface area contributed by atoms with Gasteiger partial charge in [-0.2, -0.15) is 5.10 Å². The topological polar surface area (TPSA) is 50.7 Å². The molecular formula is C8H8N2O2. The fourth-order valence-corrected chi connectivity index (χ4v) is 1.32. The van der Waals surface area contributed by atoms with Crippen molar-refractivity contribution in [3.05, 3.63) is 24.0 Å². The number of methoxy groups -OCH3 is 1. The number of carbonyl (C=O) groups excluding carboxylic acids is 1. The number of amides is 1. The quantitative estimate of drug-likeness (QED) is 0.601. The van der Waals surface area contributed by atoms with Crippen LogP contribution >= 0.6 is 0 Å². The monoisotopic (exact) mass is 164 g/mol. The van der Waals surface area contributed by atoms with Gasteiger partial charge in [0.15, 0.2) is 0 Å². The summed E-state index contributed by atoms with van der Waals surface area (Å²) >= 11 is 0. The molecule has 1 aliphatic heterocycles. The maximum atomic E-state index is 11.2. The molecule has 1 aliphatic carbocycles. The Kier molecular flexibility index (Phi) is 1.46. The number of hydrogen-bond donors (Lipinski definition) is 1. The van der Waals surface area contributed by atoms with Crippen molar-refractivity contribution in [2.24, 2.45) is 11.0 Å². The van der Waals surface area contributed by atoms with Crippen LogP contribution in [0.5, 0.6) is 0 Å². The largest absolute Gasteiger partial charge is 0.500 e. The number of nitrogens with one attached hydrogen (secondary N) is 1. The standard InChI is InChI=1S/C8H8N2O2/c1-12-6-4-2-3-5-7(6)8(11)10-9-5/h2-4,7H,1H3,(H,10,11). The third-order valence-corrected chi connectivity index (χ3v) is 1.90. The van der Waals surface area contributed by atoms with Crippen LogP contribution < -0.4 is 5.43 Å². The molecule has 0 spiro atoms. The Morgan fingerprint density at radius 2 is 2.50 bits per heavy atom. The molecule has 1 atom stereocenters. The first-order valence-corrected chi connectivity index (χ1v) is 3.62. The average Bonchev–Trinajstić information content (AvgIpc) is 2.48. The van der Waals surface area contributed by atoms with E-state index in [1.165, 1.54) is 0 Å². The lowest BCUT2D eigenvalue weighted by Gasteiger charge is -2.13. The third-order valence-electron chi connectivity index (χ3n) is 1.90. The van der Waals surface area contributed by atoms with Gasteiger partial charge in [0.2, 0.25) is 0 Å². The lowest BCUT2D eigenvalue weighted by molar-refractivity contribution is -0.121. The summed E-state index contributed by atoms with van der Waals surface area (Å²) in [5, 5.41) is 3.85. The maximum absolute atomic E-state index is 11.2. The molecule has 0 aromatic carbocycles. The zero-order valence-corrected chi connectivity index (χ0v) is 6.57. The number of allylic oxidation sites excluding steroid dienone is 3. The van der Waals surface area contributed by atoms with Gasteiger partial charge in [-0.15, -0.1) is 0 Å². The van der Waals surface area contributed by atoms with Crippen LogP contribution in [0, 0.1) is 5.92 Å². The molecule has 4 heteroatoms. The van der Waals surface area contributed by atoms with Gasteiger partial charge in [0, 0.05) is 0 Å². The van der Waals surface area contributed by atoms with Crippen LogP contribution in [0.4, 0.5) is 0 Å². The highest BCUT2D eigenvalue weighted by Gasteiger charge is 2.33. The van der Waals surface area contributed by atoms with Crippen LogP contribution in [0.25, 0.3) is 0 Å². The molecule has 0 aromatic heterocycles. The van der Waals surface area contributed by atoms with Crippen LogP contribution in [0.2, 0.25) is 0 Å². The van der Waals surface area contributed by atoms with Gasteiger partial charge in [0.1, 0.15) is 11.7 Å². The molecule has 0 aromatic rings. The summed E-state index contributed by atoms with van der Waals surface area (Å²) in [5.74, 6) is 0.189. The van der Waals surface area contributed by atoms with Gasteiger partial charge < -0.3 is 4.74 Å². The van der Waals surface area contributed by atoms with E-state index in [2.05, 4.69) is 10.5 Å². The van der Waals surface area contributed by atoms with Crippen LogP contribution in [0.1, 0.15) is 0 Å². The number of fused-ring (bicyclic) bond motifs is 1. The maximum Gasteiger partial charge on any atom is 0.256 e. The lowest BCUT2D eigenvalue weighted by atomic mass is 9.97. The van der Waals surface area contributed by atoms with Crippen LogP contribution in [0.3, 0.4) is 0 Å². The fraction of sp³-hybridized carbons (Fsp3) is 0.250. The Morgan fingerprint density at radius 1 is 1.67 bits per heavy atom. The molecule has 1 heterocycles. The predicted octanol–water partition coefficient (Wildman–Crippen LogP) is 0.188. The van der Waals surface area contributed by atoms with E-state index in [9.17, 15) is 4.79 Å². The van der Waals surface area contributed by atoms with Crippen LogP contribution in [-0.4, -0.2) is 18.7 Å². The first-order valence-electron chi connectivity index (χ1n) is 3.62. The van der Waals surface area contributed by atoms with Gasteiger partial charge in [-0.05, 0) is 12.2 Å². The van der Waals surface area contributed by atoms with Crippen molar-refractivity contribution in [3.8, 4) is 0 Å². The van der Waals surface area contributed by atoms with Crippen molar-refractivity contribution in [2.75, 3.05) is 7.11 Å². The Morgan fingerprint density at radius 3 is 3.25 bits per heavy atom. The summed E-state index contributed by atoms with van der Waals surface area (Å²) in [6.07, 6.45) is 5.38. The average molecular weight is 164 g/mol. The Bertz CT molecular complexity index is 315. The second kappa shape index (κ2) is 2.48. The second-order valence-electron chi connectivity index (χ2n) is 2.58. The SMILES string of the molecule is COC1=CC=CC2=NNC(=O)C12. The number of carbonyl (C=O) groups is 1. The van der Waals surface area contributed by atoms with Gasteiger partial charge in [0.25, 0.3) is 5.91 Å². The summed E-state index contributed by atoms with van der Waals surface area (Å²) in [7, 11) is 1.55. The predicted molar refractivity (Wildman–Crippen MR) is 43.3 cm³/mol. The summed E-state index contributed by atoms with van der Waals surface area (Å²) in [6.45, 7) is 0. The van der Waals surface area contributed by atoms with E-state index in [-0.39, 0.29) is 11.8 Å². The molecule has 2 rings (SSSR count). The molecule has 0 saturated carbocycles. The molecular weight excluding hydrogens is 156 g/mol. The van der Waals surface area contributed by atoms with Gasteiger partial charge in [-0.3, -0.25) is 4.79 Å². The van der Waals surface area contributed by atoms with Crippen molar-refractivity contribution in [1.82, 2.24) is 5.43 Å². The van der Waals surface area contributed by atoms with Crippen LogP contribution in [-0.2, 0) is 9.53 Å². The highest BCUT2D eigenvalue weighted by Crippen LogP contribution is 2.22. The third kappa shape index (κ3) is 0.845. The molecule has 4 nitrogen and oxygen atoms in total. The van der Waals surface area contributed by atoms with Gasteiger partial charge in [-0.25, -0.2) is 5.43 Å². The van der Waals surface area contributed by atoms with E-state index in [1.54, 1.807) is 19.3 Å². The number of ether oxygens (including phenoxy) is 1. The minimum Gasteiger partial charge on any atom is -0.500 e. The number of hydrogen-bond acceptors (Lipinski definition) is 3.